The number of ether oxygens (including phenoxy) is 2. The Morgan fingerprint density at radius 3 is 2.69 bits per heavy atom. The highest BCUT2D eigenvalue weighted by Gasteiger charge is 2.10. The minimum absolute atomic E-state index is 0.0410. The summed E-state index contributed by atoms with van der Waals surface area (Å²) in [6, 6.07) is 7.78. The number of aliphatic imine (C=N–C) groups is 1. The number of carbonyl (C=O) groups is 1. The molecule has 1 aromatic carbocycles. The zero-order valence-electron chi connectivity index (χ0n) is 17.5. The van der Waals surface area contributed by atoms with Crippen molar-refractivity contribution in [2.24, 2.45) is 4.99 Å². The monoisotopic (exact) mass is 418 g/mol. The minimum atomic E-state index is -0.160. The molecule has 7 nitrogen and oxygen atoms in total. The van der Waals surface area contributed by atoms with Gasteiger partial charge in [0.15, 0.2) is 24.1 Å². The highest BCUT2D eigenvalue weighted by molar-refractivity contribution is 7.07. The molecule has 1 unspecified atom stereocenters. The Bertz CT molecular complexity index is 793. The third-order valence-electron chi connectivity index (χ3n) is 4.33. The van der Waals surface area contributed by atoms with Crippen molar-refractivity contribution in [3.05, 3.63) is 46.2 Å². The van der Waals surface area contributed by atoms with Crippen LogP contribution in [-0.4, -0.2) is 45.7 Å². The summed E-state index contributed by atoms with van der Waals surface area (Å²) in [5, 5.41) is 13.6. The molecule has 0 bridgehead atoms. The zero-order valence-corrected chi connectivity index (χ0v) is 18.3. The van der Waals surface area contributed by atoms with Crippen LogP contribution in [0.4, 0.5) is 0 Å². The third kappa shape index (κ3) is 7.30. The summed E-state index contributed by atoms with van der Waals surface area (Å²) >= 11 is 1.71. The fourth-order valence-corrected chi connectivity index (χ4v) is 3.44. The van der Waals surface area contributed by atoms with Crippen molar-refractivity contribution < 1.29 is 14.3 Å². The Hall–Kier alpha value is -2.74. The topological polar surface area (TPSA) is 84.0 Å². The molecule has 1 aromatic heterocycles. The molecule has 1 amide bonds. The number of nitrogens with zero attached hydrogens (tertiary/aromatic N) is 1. The summed E-state index contributed by atoms with van der Waals surface area (Å²) < 4.78 is 11.0. The van der Waals surface area contributed by atoms with E-state index in [1.165, 1.54) is 5.56 Å². The average molecular weight is 419 g/mol. The predicted octanol–water partition coefficient (Wildman–Crippen LogP) is 2.74. The van der Waals surface area contributed by atoms with Gasteiger partial charge in [-0.15, -0.1) is 0 Å². The summed E-state index contributed by atoms with van der Waals surface area (Å²) in [5.74, 6) is 2.10. The molecule has 0 aliphatic carbocycles. The van der Waals surface area contributed by atoms with E-state index >= 15 is 0 Å². The van der Waals surface area contributed by atoms with Gasteiger partial charge in [0.2, 0.25) is 0 Å². The maximum atomic E-state index is 11.6. The van der Waals surface area contributed by atoms with Gasteiger partial charge in [0, 0.05) is 26.7 Å². The first-order valence-corrected chi connectivity index (χ1v) is 10.5. The molecular weight excluding hydrogens is 388 g/mol. The molecule has 0 saturated heterocycles. The number of hydrogen-bond donors (Lipinski definition) is 3. The second-order valence-electron chi connectivity index (χ2n) is 6.49. The number of rotatable bonds is 10. The first-order chi connectivity index (χ1) is 14.1. The molecule has 2 rings (SSSR count). The predicted molar refractivity (Wildman–Crippen MR) is 118 cm³/mol. The van der Waals surface area contributed by atoms with Gasteiger partial charge in [0.05, 0.1) is 7.11 Å². The molecule has 29 heavy (non-hydrogen) atoms. The quantitative estimate of drug-likeness (QED) is 0.408. The lowest BCUT2D eigenvalue weighted by Gasteiger charge is -2.16. The molecule has 8 heteroatoms. The van der Waals surface area contributed by atoms with Gasteiger partial charge < -0.3 is 25.4 Å². The SMILES string of the molecule is CCNC(=O)COc1ccc(CNC(=NC)NCC(C)c2ccsc2)cc1OC. The molecule has 0 fully saturated rings. The van der Waals surface area contributed by atoms with Gasteiger partial charge in [-0.3, -0.25) is 9.79 Å². The maximum absolute atomic E-state index is 11.6. The second kappa shape index (κ2) is 12.0. The molecule has 2 aromatic rings. The average Bonchev–Trinajstić information content (AvgIpc) is 3.27. The second-order valence-corrected chi connectivity index (χ2v) is 7.27. The first kappa shape index (κ1) is 22.5. The number of amides is 1. The van der Waals surface area contributed by atoms with E-state index in [-0.39, 0.29) is 12.5 Å². The fraction of sp³-hybridized carbons (Fsp3) is 0.429. The molecule has 0 aliphatic heterocycles. The number of guanidine groups is 1. The Balaban J connectivity index is 1.87. The van der Waals surface area contributed by atoms with Crippen LogP contribution in [0.25, 0.3) is 0 Å². The molecule has 0 saturated carbocycles. The third-order valence-corrected chi connectivity index (χ3v) is 5.03. The number of hydrogen-bond acceptors (Lipinski definition) is 5. The standard InChI is InChI=1S/C21H30N4O3S/c1-5-23-20(26)13-28-18-7-6-16(10-19(18)27-4)12-25-21(22-3)24-11-15(2)17-8-9-29-14-17/h6-10,14-15H,5,11-13H2,1-4H3,(H,23,26)(H2,22,24,25). The summed E-state index contributed by atoms with van der Waals surface area (Å²) in [6.45, 7) is 5.97. The Kier molecular flexibility index (Phi) is 9.30. The van der Waals surface area contributed by atoms with Crippen LogP contribution in [0.1, 0.15) is 30.9 Å². The summed E-state index contributed by atoms with van der Waals surface area (Å²) in [4.78, 5) is 15.9. The molecule has 1 heterocycles. The smallest absolute Gasteiger partial charge is 0.257 e. The van der Waals surface area contributed by atoms with Crippen molar-refractivity contribution in [3.63, 3.8) is 0 Å². The number of benzene rings is 1. The molecule has 3 N–H and O–H groups in total. The van der Waals surface area contributed by atoms with Gasteiger partial charge in [-0.2, -0.15) is 11.3 Å². The van der Waals surface area contributed by atoms with E-state index in [4.69, 9.17) is 9.47 Å². The molecule has 0 radical (unpaired) electrons. The maximum Gasteiger partial charge on any atom is 0.257 e. The van der Waals surface area contributed by atoms with E-state index < -0.39 is 0 Å². The van der Waals surface area contributed by atoms with Gasteiger partial charge in [0.1, 0.15) is 0 Å². The van der Waals surface area contributed by atoms with Crippen LogP contribution in [-0.2, 0) is 11.3 Å². The molecule has 0 aliphatic rings. The van der Waals surface area contributed by atoms with Crippen molar-refractivity contribution >= 4 is 23.2 Å². The minimum Gasteiger partial charge on any atom is -0.493 e. The van der Waals surface area contributed by atoms with Crippen molar-refractivity contribution in [3.8, 4) is 11.5 Å². The van der Waals surface area contributed by atoms with E-state index in [9.17, 15) is 4.79 Å². The number of likely N-dealkylation sites (N-methyl/N-ethyl adjacent to an activating group) is 1. The van der Waals surface area contributed by atoms with Gasteiger partial charge in [-0.25, -0.2) is 0 Å². The highest BCUT2D eigenvalue weighted by Crippen LogP contribution is 2.28. The Morgan fingerprint density at radius 1 is 1.21 bits per heavy atom. The Labute approximate surface area is 176 Å². The van der Waals surface area contributed by atoms with E-state index in [2.05, 4.69) is 44.7 Å². The largest absolute Gasteiger partial charge is 0.493 e. The first-order valence-electron chi connectivity index (χ1n) is 9.60. The lowest BCUT2D eigenvalue weighted by atomic mass is 10.1. The summed E-state index contributed by atoms with van der Waals surface area (Å²) in [7, 11) is 3.33. The number of methoxy groups -OCH3 is 1. The van der Waals surface area contributed by atoms with E-state index in [0.29, 0.717) is 30.5 Å². The van der Waals surface area contributed by atoms with Crippen LogP contribution in [0.15, 0.2) is 40.0 Å². The van der Waals surface area contributed by atoms with Crippen molar-refractivity contribution in [1.82, 2.24) is 16.0 Å². The normalized spacial score (nSPS) is 12.2. The lowest BCUT2D eigenvalue weighted by Crippen LogP contribution is -2.38. The van der Waals surface area contributed by atoms with Crippen LogP contribution >= 0.6 is 11.3 Å². The van der Waals surface area contributed by atoms with Crippen LogP contribution < -0.4 is 25.4 Å². The van der Waals surface area contributed by atoms with Gasteiger partial charge >= 0.3 is 0 Å². The molecule has 1 atom stereocenters. The molecule has 158 valence electrons. The summed E-state index contributed by atoms with van der Waals surface area (Å²) in [6.07, 6.45) is 0. The Morgan fingerprint density at radius 2 is 2.03 bits per heavy atom. The van der Waals surface area contributed by atoms with Crippen LogP contribution in [0.3, 0.4) is 0 Å². The fourth-order valence-electron chi connectivity index (χ4n) is 2.66. The van der Waals surface area contributed by atoms with Crippen LogP contribution in [0.5, 0.6) is 11.5 Å². The molecular formula is C21H30N4O3S. The number of carbonyl (C=O) groups excluding carboxylic acids is 1. The van der Waals surface area contributed by atoms with Gasteiger partial charge in [-0.05, 0) is 52.9 Å². The zero-order chi connectivity index (χ0) is 21.1. The van der Waals surface area contributed by atoms with E-state index in [1.54, 1.807) is 25.5 Å². The van der Waals surface area contributed by atoms with Crippen LogP contribution in [0, 0.1) is 0 Å². The van der Waals surface area contributed by atoms with Gasteiger partial charge in [0.25, 0.3) is 5.91 Å². The van der Waals surface area contributed by atoms with E-state index in [0.717, 1.165) is 18.1 Å². The van der Waals surface area contributed by atoms with E-state index in [1.807, 2.05) is 25.1 Å². The van der Waals surface area contributed by atoms with Crippen molar-refractivity contribution in [2.75, 3.05) is 33.9 Å². The van der Waals surface area contributed by atoms with Crippen molar-refractivity contribution in [2.45, 2.75) is 26.3 Å². The summed E-state index contributed by atoms with van der Waals surface area (Å²) in [5.41, 5.74) is 2.34. The number of thiophene rings is 1. The van der Waals surface area contributed by atoms with Crippen LogP contribution in [0.2, 0.25) is 0 Å². The lowest BCUT2D eigenvalue weighted by molar-refractivity contribution is -0.123. The van der Waals surface area contributed by atoms with Crippen molar-refractivity contribution in [1.29, 1.82) is 0 Å². The highest BCUT2D eigenvalue weighted by atomic mass is 32.1. The van der Waals surface area contributed by atoms with Gasteiger partial charge in [-0.1, -0.05) is 13.0 Å². The molecule has 0 spiro atoms. The number of nitrogens with one attached hydrogen (secondary N) is 3.